The third-order valence-corrected chi connectivity index (χ3v) is 6.27. The molecule has 0 atom stereocenters. The van der Waals surface area contributed by atoms with Crippen LogP contribution in [-0.4, -0.2) is 7.42 Å². The Labute approximate surface area is 146 Å². The maximum Gasteiger partial charge on any atom is 0.307 e. The van der Waals surface area contributed by atoms with Crippen molar-refractivity contribution in [3.8, 4) is 11.1 Å². The zero-order valence-corrected chi connectivity index (χ0v) is 14.8. The number of fused-ring (bicyclic) bond motifs is 3. The SMILES string of the molecule is Cl[Si](Cl)c1ccccc1-c1cccc2c1ccc1ccccc12. The zero-order valence-electron chi connectivity index (χ0n) is 12.3. The van der Waals surface area contributed by atoms with E-state index in [-0.39, 0.29) is 0 Å². The van der Waals surface area contributed by atoms with E-state index < -0.39 is 7.42 Å². The highest BCUT2D eigenvalue weighted by Crippen LogP contribution is 2.32. The average Bonchev–Trinajstić information content (AvgIpc) is 2.61. The molecule has 0 N–H and O–H groups in total. The summed E-state index contributed by atoms with van der Waals surface area (Å²) in [5, 5.41) is 6.06. The summed E-state index contributed by atoms with van der Waals surface area (Å²) in [5.74, 6) is 0. The molecule has 0 aliphatic rings. The lowest BCUT2D eigenvalue weighted by Gasteiger charge is -2.13. The quantitative estimate of drug-likeness (QED) is 0.242. The number of hydrogen-bond acceptors (Lipinski definition) is 0. The first-order chi connectivity index (χ1) is 11.3. The van der Waals surface area contributed by atoms with Crippen LogP contribution in [0.1, 0.15) is 0 Å². The van der Waals surface area contributed by atoms with Crippen LogP contribution in [0.4, 0.5) is 0 Å². The van der Waals surface area contributed by atoms with Crippen molar-refractivity contribution in [1.29, 1.82) is 0 Å². The molecule has 4 rings (SSSR count). The first kappa shape index (κ1) is 14.8. The lowest BCUT2D eigenvalue weighted by atomic mass is 9.95. The van der Waals surface area contributed by atoms with E-state index in [0.717, 1.165) is 10.8 Å². The van der Waals surface area contributed by atoms with Gasteiger partial charge >= 0.3 is 7.42 Å². The normalized spacial score (nSPS) is 11.4. The molecule has 0 saturated heterocycles. The summed E-state index contributed by atoms with van der Waals surface area (Å²) < 4.78 is 0. The molecular weight excluding hydrogens is 339 g/mol. The fraction of sp³-hybridized carbons (Fsp3) is 0. The summed E-state index contributed by atoms with van der Waals surface area (Å²) in [6.45, 7) is 0. The van der Waals surface area contributed by atoms with Crippen molar-refractivity contribution >= 4 is 56.3 Å². The van der Waals surface area contributed by atoms with Gasteiger partial charge in [-0.05, 0) is 37.9 Å². The highest BCUT2D eigenvalue weighted by atomic mass is 35.7. The molecule has 111 valence electrons. The van der Waals surface area contributed by atoms with E-state index in [9.17, 15) is 0 Å². The highest BCUT2D eigenvalue weighted by Gasteiger charge is 2.15. The third kappa shape index (κ3) is 2.55. The van der Waals surface area contributed by atoms with Gasteiger partial charge in [-0.15, -0.1) is 22.2 Å². The summed E-state index contributed by atoms with van der Waals surface area (Å²) in [5.41, 5.74) is 2.32. The second-order valence-corrected chi connectivity index (χ2v) is 9.40. The Morgan fingerprint density at radius 1 is 0.522 bits per heavy atom. The Morgan fingerprint density at radius 3 is 2.09 bits per heavy atom. The highest BCUT2D eigenvalue weighted by molar-refractivity contribution is 7.39. The Kier molecular flexibility index (Phi) is 3.86. The predicted octanol–water partition coefficient (Wildman–Crippen LogP) is 5.83. The number of rotatable bonds is 2. The van der Waals surface area contributed by atoms with Crippen LogP contribution < -0.4 is 5.19 Å². The van der Waals surface area contributed by atoms with E-state index in [0.29, 0.717) is 0 Å². The van der Waals surface area contributed by atoms with E-state index in [4.69, 9.17) is 22.2 Å². The number of hydrogen-bond donors (Lipinski definition) is 0. The van der Waals surface area contributed by atoms with Gasteiger partial charge in [0.2, 0.25) is 0 Å². The van der Waals surface area contributed by atoms with Crippen molar-refractivity contribution in [3.05, 3.63) is 78.9 Å². The van der Waals surface area contributed by atoms with Crippen molar-refractivity contribution in [1.82, 2.24) is 0 Å². The first-order valence-corrected chi connectivity index (χ1v) is 11.0. The second kappa shape index (κ2) is 6.01. The molecule has 0 unspecified atom stereocenters. The lowest BCUT2D eigenvalue weighted by molar-refractivity contribution is 1.69. The lowest BCUT2D eigenvalue weighted by Crippen LogP contribution is -2.20. The van der Waals surface area contributed by atoms with Gasteiger partial charge in [0.15, 0.2) is 0 Å². The molecule has 0 saturated carbocycles. The van der Waals surface area contributed by atoms with E-state index in [1.54, 1.807) is 0 Å². The molecule has 0 heterocycles. The van der Waals surface area contributed by atoms with Crippen LogP contribution in [0.25, 0.3) is 32.7 Å². The van der Waals surface area contributed by atoms with Crippen LogP contribution >= 0.6 is 22.2 Å². The van der Waals surface area contributed by atoms with E-state index in [1.807, 2.05) is 18.2 Å². The molecule has 0 amide bonds. The van der Waals surface area contributed by atoms with Crippen molar-refractivity contribution in [3.63, 3.8) is 0 Å². The van der Waals surface area contributed by atoms with Crippen LogP contribution in [0, 0.1) is 0 Å². The topological polar surface area (TPSA) is 0 Å². The smallest absolute Gasteiger partial charge is 0.140 e. The standard InChI is InChI=1S/C20H13Cl2Si/c21-23(22)20-11-4-3-8-19(20)17-10-5-9-16-15-7-2-1-6-14(15)12-13-18(16)17/h1-13H. The van der Waals surface area contributed by atoms with Crippen LogP contribution in [0.15, 0.2) is 78.9 Å². The maximum absolute atomic E-state index is 6.27. The van der Waals surface area contributed by atoms with Crippen molar-refractivity contribution in [2.75, 3.05) is 0 Å². The molecule has 0 aliphatic carbocycles. The monoisotopic (exact) mass is 351 g/mol. The van der Waals surface area contributed by atoms with Crippen molar-refractivity contribution in [2.24, 2.45) is 0 Å². The number of benzene rings is 4. The molecule has 4 aromatic carbocycles. The van der Waals surface area contributed by atoms with Gasteiger partial charge in [0.05, 0.1) is 0 Å². The van der Waals surface area contributed by atoms with Crippen LogP contribution in [-0.2, 0) is 0 Å². The maximum atomic E-state index is 6.27. The summed E-state index contributed by atoms with van der Waals surface area (Å²) in [7, 11) is -1.55. The molecular formula is C20H13Cl2Si. The van der Waals surface area contributed by atoms with Gasteiger partial charge in [0, 0.05) is 0 Å². The fourth-order valence-electron chi connectivity index (χ4n) is 3.16. The molecule has 0 aromatic heterocycles. The predicted molar refractivity (Wildman–Crippen MR) is 104 cm³/mol. The molecule has 0 nitrogen and oxygen atoms in total. The van der Waals surface area contributed by atoms with E-state index in [2.05, 4.69) is 60.7 Å². The second-order valence-electron chi connectivity index (χ2n) is 5.49. The van der Waals surface area contributed by atoms with Crippen LogP contribution in [0.3, 0.4) is 0 Å². The summed E-state index contributed by atoms with van der Waals surface area (Å²) in [6, 6.07) is 27.4. The molecule has 0 aliphatic heterocycles. The van der Waals surface area contributed by atoms with Crippen molar-refractivity contribution < 1.29 is 0 Å². The largest absolute Gasteiger partial charge is 0.307 e. The van der Waals surface area contributed by atoms with Gasteiger partial charge < -0.3 is 0 Å². The molecule has 3 heteroatoms. The molecule has 0 bridgehead atoms. The Bertz CT molecular complexity index is 1010. The van der Waals surface area contributed by atoms with E-state index >= 15 is 0 Å². The van der Waals surface area contributed by atoms with Crippen LogP contribution in [0.5, 0.6) is 0 Å². The Hall–Kier alpha value is -1.80. The van der Waals surface area contributed by atoms with Gasteiger partial charge in [-0.2, -0.15) is 0 Å². The van der Waals surface area contributed by atoms with E-state index in [1.165, 1.54) is 27.1 Å². The van der Waals surface area contributed by atoms with Gasteiger partial charge in [-0.1, -0.05) is 78.9 Å². The Balaban J connectivity index is 2.08. The summed E-state index contributed by atoms with van der Waals surface area (Å²) in [4.78, 5) is 0. The number of halogens is 2. The minimum absolute atomic E-state index is 1.04. The molecule has 0 fully saturated rings. The Morgan fingerprint density at radius 2 is 1.22 bits per heavy atom. The third-order valence-electron chi connectivity index (χ3n) is 4.21. The summed E-state index contributed by atoms with van der Waals surface area (Å²) in [6.07, 6.45) is 0. The van der Waals surface area contributed by atoms with Gasteiger partial charge in [-0.3, -0.25) is 0 Å². The van der Waals surface area contributed by atoms with Crippen molar-refractivity contribution in [2.45, 2.75) is 0 Å². The fourth-order valence-corrected chi connectivity index (χ4v) is 4.79. The molecule has 4 aromatic rings. The summed E-state index contributed by atoms with van der Waals surface area (Å²) >= 11 is 12.5. The molecule has 1 radical (unpaired) electrons. The van der Waals surface area contributed by atoms with Gasteiger partial charge in [0.25, 0.3) is 0 Å². The van der Waals surface area contributed by atoms with Gasteiger partial charge in [0.1, 0.15) is 0 Å². The molecule has 23 heavy (non-hydrogen) atoms. The average molecular weight is 352 g/mol. The first-order valence-electron chi connectivity index (χ1n) is 7.44. The minimum atomic E-state index is -1.55. The molecule has 0 spiro atoms. The van der Waals surface area contributed by atoms with Gasteiger partial charge in [-0.25, -0.2) is 0 Å². The minimum Gasteiger partial charge on any atom is -0.140 e. The van der Waals surface area contributed by atoms with Crippen LogP contribution in [0.2, 0.25) is 0 Å². The zero-order chi connectivity index (χ0) is 15.8.